The van der Waals surface area contributed by atoms with Crippen LogP contribution in [0.5, 0.6) is 0 Å². The third-order valence-electron chi connectivity index (χ3n) is 4.07. The summed E-state index contributed by atoms with van der Waals surface area (Å²) >= 11 is 0. The number of carbonyl (C=O) groups excluding carboxylic acids is 1. The number of pyridine rings is 1. The number of aromatic nitrogens is 1. The summed E-state index contributed by atoms with van der Waals surface area (Å²) in [4.78, 5) is 12.7. The van der Waals surface area contributed by atoms with Gasteiger partial charge in [0.2, 0.25) is 11.8 Å². The highest BCUT2D eigenvalue weighted by atomic mass is 79.9. The summed E-state index contributed by atoms with van der Waals surface area (Å²) in [6.07, 6.45) is 3.94. The fraction of sp³-hybridized carbons (Fsp3) is 0.143. The molecule has 0 radical (unpaired) electrons. The maximum atomic E-state index is 12.7. The summed E-state index contributed by atoms with van der Waals surface area (Å²) in [5.74, 6) is 0.125. The highest BCUT2D eigenvalue weighted by Crippen LogP contribution is 2.20. The van der Waals surface area contributed by atoms with Crippen molar-refractivity contribution in [2.24, 2.45) is 0 Å². The van der Waals surface area contributed by atoms with E-state index in [-0.39, 0.29) is 28.8 Å². The number of hydrogen-bond donors (Lipinski definition) is 0. The second-order valence-electron chi connectivity index (χ2n) is 5.81. The van der Waals surface area contributed by atoms with E-state index in [1.807, 2.05) is 85.4 Å². The first-order valence-corrected chi connectivity index (χ1v) is 7.82. The SMILES string of the molecule is Cc1ccc[n+](C(C)C(=O)c2ccc(-c3ccccc3)cc2)c1.[Br-]. The highest BCUT2D eigenvalue weighted by molar-refractivity contribution is 5.98. The lowest BCUT2D eigenvalue weighted by molar-refractivity contribution is -0.705. The molecule has 0 fully saturated rings. The van der Waals surface area contributed by atoms with Crippen LogP contribution in [0.2, 0.25) is 0 Å². The van der Waals surface area contributed by atoms with E-state index in [1.165, 1.54) is 0 Å². The lowest BCUT2D eigenvalue weighted by Gasteiger charge is -2.08. The minimum absolute atomic E-state index is 0. The Labute approximate surface area is 153 Å². The molecular formula is C21H20BrNO. The average molecular weight is 382 g/mol. The van der Waals surface area contributed by atoms with E-state index in [0.29, 0.717) is 0 Å². The van der Waals surface area contributed by atoms with Crippen LogP contribution in [0.15, 0.2) is 79.1 Å². The van der Waals surface area contributed by atoms with Crippen LogP contribution >= 0.6 is 0 Å². The minimum atomic E-state index is -0.211. The van der Waals surface area contributed by atoms with Crippen molar-refractivity contribution in [2.45, 2.75) is 19.9 Å². The molecule has 122 valence electrons. The first kappa shape index (κ1) is 18.1. The first-order valence-electron chi connectivity index (χ1n) is 7.82. The van der Waals surface area contributed by atoms with Crippen LogP contribution in [-0.2, 0) is 0 Å². The van der Waals surface area contributed by atoms with Gasteiger partial charge in [-0.1, -0.05) is 54.6 Å². The Morgan fingerprint density at radius 2 is 1.50 bits per heavy atom. The highest BCUT2D eigenvalue weighted by Gasteiger charge is 2.23. The van der Waals surface area contributed by atoms with E-state index in [0.717, 1.165) is 22.3 Å². The molecule has 0 aliphatic rings. The van der Waals surface area contributed by atoms with Crippen molar-refractivity contribution in [1.29, 1.82) is 0 Å². The molecule has 0 N–H and O–H groups in total. The monoisotopic (exact) mass is 381 g/mol. The molecule has 0 amide bonds. The van der Waals surface area contributed by atoms with Crippen molar-refractivity contribution >= 4 is 5.78 Å². The second kappa shape index (κ2) is 8.02. The van der Waals surface area contributed by atoms with E-state index in [2.05, 4.69) is 12.1 Å². The smallest absolute Gasteiger partial charge is 0.230 e. The molecule has 3 rings (SSSR count). The number of ketones is 1. The summed E-state index contributed by atoms with van der Waals surface area (Å²) in [5, 5.41) is 0. The minimum Gasteiger partial charge on any atom is -1.00 e. The van der Waals surface area contributed by atoms with Gasteiger partial charge in [-0.15, -0.1) is 0 Å². The van der Waals surface area contributed by atoms with Crippen molar-refractivity contribution in [2.75, 3.05) is 0 Å². The Bertz CT molecular complexity index is 813. The molecule has 2 nitrogen and oxygen atoms in total. The van der Waals surface area contributed by atoms with Gasteiger partial charge in [0.05, 0.1) is 0 Å². The number of rotatable bonds is 4. The zero-order valence-electron chi connectivity index (χ0n) is 13.8. The average Bonchev–Trinajstić information content (AvgIpc) is 2.61. The summed E-state index contributed by atoms with van der Waals surface area (Å²) in [7, 11) is 0. The molecule has 0 aliphatic carbocycles. The van der Waals surface area contributed by atoms with E-state index in [4.69, 9.17) is 0 Å². The molecule has 0 spiro atoms. The van der Waals surface area contributed by atoms with Crippen molar-refractivity contribution in [1.82, 2.24) is 0 Å². The summed E-state index contributed by atoms with van der Waals surface area (Å²) in [5.41, 5.74) is 4.17. The maximum absolute atomic E-state index is 12.7. The quantitative estimate of drug-likeness (QED) is 0.494. The van der Waals surface area contributed by atoms with Gasteiger partial charge in [0, 0.05) is 24.1 Å². The van der Waals surface area contributed by atoms with Crippen LogP contribution in [0.4, 0.5) is 0 Å². The topological polar surface area (TPSA) is 20.9 Å². The third kappa shape index (κ3) is 3.98. The standard InChI is InChI=1S/C21H20NO.BrH/c1-16-7-6-14-22(15-16)17(2)21(23)20-12-10-19(11-13-20)18-8-4-3-5-9-18;/h3-15,17H,1-2H3;1H/q+1;/p-1. The number of hydrogen-bond acceptors (Lipinski definition) is 1. The van der Waals surface area contributed by atoms with Gasteiger partial charge in [0.25, 0.3) is 0 Å². The van der Waals surface area contributed by atoms with Crippen LogP contribution in [0.1, 0.15) is 28.9 Å². The summed E-state index contributed by atoms with van der Waals surface area (Å²) < 4.78 is 1.96. The number of halogens is 1. The zero-order valence-corrected chi connectivity index (χ0v) is 15.4. The summed E-state index contributed by atoms with van der Waals surface area (Å²) in [6.45, 7) is 3.97. The van der Waals surface area contributed by atoms with Crippen molar-refractivity contribution < 1.29 is 26.3 Å². The fourth-order valence-electron chi connectivity index (χ4n) is 2.69. The van der Waals surface area contributed by atoms with Crippen LogP contribution in [0.3, 0.4) is 0 Å². The van der Waals surface area contributed by atoms with E-state index >= 15 is 0 Å². The molecule has 1 aromatic heterocycles. The Hall–Kier alpha value is -2.26. The Balaban J connectivity index is 0.00000208. The van der Waals surface area contributed by atoms with Gasteiger partial charge in [-0.05, 0) is 24.1 Å². The third-order valence-corrected chi connectivity index (χ3v) is 4.07. The molecule has 1 atom stereocenters. The maximum Gasteiger partial charge on any atom is 0.230 e. The van der Waals surface area contributed by atoms with Crippen LogP contribution in [0.25, 0.3) is 11.1 Å². The molecule has 3 heteroatoms. The zero-order chi connectivity index (χ0) is 16.2. The predicted molar refractivity (Wildman–Crippen MR) is 92.3 cm³/mol. The van der Waals surface area contributed by atoms with Crippen LogP contribution < -0.4 is 21.5 Å². The molecule has 24 heavy (non-hydrogen) atoms. The lowest BCUT2D eigenvalue weighted by Crippen LogP contribution is -3.00. The number of aryl methyl sites for hydroxylation is 1. The fourth-order valence-corrected chi connectivity index (χ4v) is 2.69. The van der Waals surface area contributed by atoms with Gasteiger partial charge >= 0.3 is 0 Å². The number of benzene rings is 2. The van der Waals surface area contributed by atoms with Gasteiger partial charge < -0.3 is 17.0 Å². The Morgan fingerprint density at radius 3 is 2.12 bits per heavy atom. The van der Waals surface area contributed by atoms with Crippen LogP contribution in [-0.4, -0.2) is 5.78 Å². The Morgan fingerprint density at radius 1 is 0.875 bits per heavy atom. The van der Waals surface area contributed by atoms with E-state index in [9.17, 15) is 4.79 Å². The van der Waals surface area contributed by atoms with Gasteiger partial charge in [-0.3, -0.25) is 4.79 Å². The first-order chi connectivity index (χ1) is 11.1. The predicted octanol–water partition coefficient (Wildman–Crippen LogP) is 1.40. The molecule has 0 saturated carbocycles. The molecule has 0 aliphatic heterocycles. The van der Waals surface area contributed by atoms with Gasteiger partial charge in [0.15, 0.2) is 12.4 Å². The number of nitrogens with zero attached hydrogens (tertiary/aromatic N) is 1. The molecule has 2 aromatic carbocycles. The van der Waals surface area contributed by atoms with Gasteiger partial charge in [0.1, 0.15) is 0 Å². The number of Topliss-reactive ketones (excluding diaryl/α,β-unsaturated/α-hetero) is 1. The molecule has 3 aromatic rings. The van der Waals surface area contributed by atoms with Crippen molar-refractivity contribution in [3.63, 3.8) is 0 Å². The van der Waals surface area contributed by atoms with E-state index < -0.39 is 0 Å². The Kier molecular flexibility index (Phi) is 6.04. The molecule has 0 saturated heterocycles. The molecule has 1 heterocycles. The molecule has 0 bridgehead atoms. The number of carbonyl (C=O) groups is 1. The molecule has 1 unspecified atom stereocenters. The van der Waals surface area contributed by atoms with Crippen molar-refractivity contribution in [3.05, 3.63) is 90.3 Å². The van der Waals surface area contributed by atoms with Gasteiger partial charge in [-0.2, -0.15) is 4.57 Å². The van der Waals surface area contributed by atoms with Crippen molar-refractivity contribution in [3.8, 4) is 11.1 Å². The van der Waals surface area contributed by atoms with Gasteiger partial charge in [-0.25, -0.2) is 0 Å². The van der Waals surface area contributed by atoms with E-state index in [1.54, 1.807) is 0 Å². The largest absolute Gasteiger partial charge is 1.00 e. The normalized spacial score (nSPS) is 11.4. The van der Waals surface area contributed by atoms with Crippen LogP contribution in [0, 0.1) is 6.92 Å². The summed E-state index contributed by atoms with van der Waals surface area (Å²) in [6, 6.07) is 21.8. The lowest BCUT2D eigenvalue weighted by atomic mass is 10.00. The molecular weight excluding hydrogens is 362 g/mol. The second-order valence-corrected chi connectivity index (χ2v) is 5.81.